The molecule has 0 spiro atoms. The normalized spacial score (nSPS) is 10.3. The first-order valence-corrected chi connectivity index (χ1v) is 6.72. The zero-order valence-corrected chi connectivity index (χ0v) is 12.4. The quantitative estimate of drug-likeness (QED) is 0.893. The van der Waals surface area contributed by atoms with Crippen molar-refractivity contribution in [2.45, 2.75) is 13.5 Å². The van der Waals surface area contributed by atoms with Gasteiger partial charge in [-0.3, -0.25) is 0 Å². The summed E-state index contributed by atoms with van der Waals surface area (Å²) < 4.78 is 19.7. The summed E-state index contributed by atoms with van der Waals surface area (Å²) in [4.78, 5) is 0. The second kappa shape index (κ2) is 6.06. The van der Waals surface area contributed by atoms with Crippen LogP contribution in [-0.2, 0) is 6.54 Å². The van der Waals surface area contributed by atoms with Gasteiger partial charge in [0.15, 0.2) is 0 Å². The van der Waals surface area contributed by atoms with Crippen LogP contribution >= 0.6 is 15.9 Å². The lowest BCUT2D eigenvalue weighted by molar-refractivity contribution is 0.410. The molecule has 2 rings (SSSR count). The molecular formula is C15H15BrFNO. The molecule has 0 atom stereocenters. The van der Waals surface area contributed by atoms with Gasteiger partial charge in [-0.2, -0.15) is 0 Å². The lowest BCUT2D eigenvalue weighted by Gasteiger charge is -2.11. The highest BCUT2D eigenvalue weighted by molar-refractivity contribution is 9.10. The maximum absolute atomic E-state index is 13.4. The summed E-state index contributed by atoms with van der Waals surface area (Å²) >= 11 is 3.43. The van der Waals surface area contributed by atoms with Crippen molar-refractivity contribution in [3.05, 3.63) is 57.8 Å². The molecule has 2 aromatic rings. The highest BCUT2D eigenvalue weighted by atomic mass is 79.9. The van der Waals surface area contributed by atoms with Crippen LogP contribution < -0.4 is 10.1 Å². The topological polar surface area (TPSA) is 21.3 Å². The minimum atomic E-state index is -0.203. The number of nitrogens with one attached hydrogen (secondary N) is 1. The first kappa shape index (κ1) is 13.9. The fraction of sp³-hybridized carbons (Fsp3) is 0.200. The van der Waals surface area contributed by atoms with Crippen molar-refractivity contribution >= 4 is 21.6 Å². The summed E-state index contributed by atoms with van der Waals surface area (Å²) in [5.74, 6) is 0.606. The Balaban J connectivity index is 2.13. The Hall–Kier alpha value is -1.55. The van der Waals surface area contributed by atoms with Gasteiger partial charge in [-0.25, -0.2) is 4.39 Å². The molecule has 0 aliphatic heterocycles. The molecule has 2 nitrogen and oxygen atoms in total. The zero-order chi connectivity index (χ0) is 13.8. The molecule has 0 aliphatic rings. The Labute approximate surface area is 120 Å². The lowest BCUT2D eigenvalue weighted by atomic mass is 10.2. The third kappa shape index (κ3) is 3.47. The molecule has 0 saturated heterocycles. The number of benzene rings is 2. The van der Waals surface area contributed by atoms with E-state index < -0.39 is 0 Å². The van der Waals surface area contributed by atoms with Crippen molar-refractivity contribution in [2.24, 2.45) is 0 Å². The molecule has 2 aromatic carbocycles. The van der Waals surface area contributed by atoms with E-state index in [0.717, 1.165) is 21.5 Å². The number of ether oxygens (including phenoxy) is 1. The van der Waals surface area contributed by atoms with Crippen molar-refractivity contribution in [3.63, 3.8) is 0 Å². The molecule has 0 aliphatic carbocycles. The summed E-state index contributed by atoms with van der Waals surface area (Å²) in [5, 5.41) is 3.19. The van der Waals surface area contributed by atoms with Gasteiger partial charge in [0.2, 0.25) is 0 Å². The number of anilines is 1. The number of halogens is 2. The molecule has 0 aromatic heterocycles. The van der Waals surface area contributed by atoms with Gasteiger partial charge in [-0.15, -0.1) is 0 Å². The van der Waals surface area contributed by atoms with Gasteiger partial charge in [-0.05, 0) is 42.8 Å². The Kier molecular flexibility index (Phi) is 4.43. The summed E-state index contributed by atoms with van der Waals surface area (Å²) in [6, 6.07) is 10.9. The summed E-state index contributed by atoms with van der Waals surface area (Å²) in [7, 11) is 1.64. The molecule has 1 N–H and O–H groups in total. The number of hydrogen-bond donors (Lipinski definition) is 1. The van der Waals surface area contributed by atoms with Crippen LogP contribution in [0.4, 0.5) is 10.1 Å². The van der Waals surface area contributed by atoms with Gasteiger partial charge in [0.1, 0.15) is 11.6 Å². The maximum Gasteiger partial charge on any atom is 0.128 e. The van der Waals surface area contributed by atoms with Crippen LogP contribution in [0.2, 0.25) is 0 Å². The summed E-state index contributed by atoms with van der Waals surface area (Å²) in [5.41, 5.74) is 2.41. The Morgan fingerprint density at radius 1 is 1.21 bits per heavy atom. The summed E-state index contributed by atoms with van der Waals surface area (Å²) in [6.45, 7) is 2.32. The van der Waals surface area contributed by atoms with E-state index in [1.807, 2.05) is 24.3 Å². The standard InChI is InChI=1S/C15H15BrFNO/c1-10-3-5-13(8-14(10)17)18-9-11-7-12(16)4-6-15(11)19-2/h3-8,18H,9H2,1-2H3. The molecule has 0 radical (unpaired) electrons. The van der Waals surface area contributed by atoms with Crippen LogP contribution in [0.15, 0.2) is 40.9 Å². The molecule has 0 fully saturated rings. The molecule has 19 heavy (non-hydrogen) atoms. The van der Waals surface area contributed by atoms with Crippen LogP contribution in [0, 0.1) is 12.7 Å². The van der Waals surface area contributed by atoms with E-state index in [1.165, 1.54) is 6.07 Å². The van der Waals surface area contributed by atoms with Crippen molar-refractivity contribution in [1.29, 1.82) is 0 Å². The van der Waals surface area contributed by atoms with Crippen LogP contribution in [0.5, 0.6) is 5.75 Å². The first-order valence-electron chi connectivity index (χ1n) is 5.92. The average molecular weight is 324 g/mol. The fourth-order valence-corrected chi connectivity index (χ4v) is 2.19. The van der Waals surface area contributed by atoms with E-state index in [1.54, 1.807) is 20.1 Å². The minimum Gasteiger partial charge on any atom is -0.496 e. The zero-order valence-electron chi connectivity index (χ0n) is 10.8. The predicted molar refractivity (Wildman–Crippen MR) is 79.2 cm³/mol. The van der Waals surface area contributed by atoms with Crippen molar-refractivity contribution < 1.29 is 9.13 Å². The molecule has 0 bridgehead atoms. The van der Waals surface area contributed by atoms with E-state index in [4.69, 9.17) is 4.74 Å². The molecule has 0 saturated carbocycles. The van der Waals surface area contributed by atoms with Gasteiger partial charge in [0, 0.05) is 22.3 Å². The number of aryl methyl sites for hydroxylation is 1. The van der Waals surface area contributed by atoms with Crippen molar-refractivity contribution in [3.8, 4) is 5.75 Å². The van der Waals surface area contributed by atoms with Crippen LogP contribution in [0.3, 0.4) is 0 Å². The second-order valence-corrected chi connectivity index (χ2v) is 5.19. The molecule has 100 valence electrons. The van der Waals surface area contributed by atoms with Crippen LogP contribution in [0.1, 0.15) is 11.1 Å². The SMILES string of the molecule is COc1ccc(Br)cc1CNc1ccc(C)c(F)c1. The third-order valence-corrected chi connectivity index (χ3v) is 3.39. The van der Waals surface area contributed by atoms with Gasteiger partial charge in [-0.1, -0.05) is 22.0 Å². The van der Waals surface area contributed by atoms with E-state index in [2.05, 4.69) is 21.2 Å². The van der Waals surface area contributed by atoms with Crippen molar-refractivity contribution in [2.75, 3.05) is 12.4 Å². The lowest BCUT2D eigenvalue weighted by Crippen LogP contribution is -2.02. The van der Waals surface area contributed by atoms with Crippen molar-refractivity contribution in [1.82, 2.24) is 0 Å². The second-order valence-electron chi connectivity index (χ2n) is 4.27. The third-order valence-electron chi connectivity index (χ3n) is 2.90. The van der Waals surface area contributed by atoms with Crippen LogP contribution in [-0.4, -0.2) is 7.11 Å². The monoisotopic (exact) mass is 323 g/mol. The van der Waals surface area contributed by atoms with Gasteiger partial charge in [0.25, 0.3) is 0 Å². The molecule has 0 heterocycles. The number of rotatable bonds is 4. The Bertz CT molecular complexity index is 586. The van der Waals surface area contributed by atoms with E-state index in [9.17, 15) is 4.39 Å². The number of methoxy groups -OCH3 is 1. The first-order chi connectivity index (χ1) is 9.10. The smallest absolute Gasteiger partial charge is 0.128 e. The predicted octanol–water partition coefficient (Wildman–Crippen LogP) is 4.52. The largest absolute Gasteiger partial charge is 0.496 e. The van der Waals surface area contributed by atoms with Crippen LogP contribution in [0.25, 0.3) is 0 Å². The highest BCUT2D eigenvalue weighted by Gasteiger charge is 2.04. The maximum atomic E-state index is 13.4. The molecule has 0 unspecified atom stereocenters. The fourth-order valence-electron chi connectivity index (χ4n) is 1.79. The van der Waals surface area contributed by atoms with Gasteiger partial charge >= 0.3 is 0 Å². The molecule has 4 heteroatoms. The van der Waals surface area contributed by atoms with E-state index >= 15 is 0 Å². The van der Waals surface area contributed by atoms with Gasteiger partial charge in [0.05, 0.1) is 7.11 Å². The number of hydrogen-bond acceptors (Lipinski definition) is 2. The van der Waals surface area contributed by atoms with Gasteiger partial charge < -0.3 is 10.1 Å². The Morgan fingerprint density at radius 2 is 2.00 bits per heavy atom. The van der Waals surface area contributed by atoms with E-state index in [0.29, 0.717) is 12.1 Å². The summed E-state index contributed by atoms with van der Waals surface area (Å²) in [6.07, 6.45) is 0. The molecule has 0 amide bonds. The highest BCUT2D eigenvalue weighted by Crippen LogP contribution is 2.24. The average Bonchev–Trinajstić information content (AvgIpc) is 2.40. The Morgan fingerprint density at radius 3 is 2.68 bits per heavy atom. The van der Waals surface area contributed by atoms with E-state index in [-0.39, 0.29) is 5.82 Å². The molecular weight excluding hydrogens is 309 g/mol. The minimum absolute atomic E-state index is 0.203.